The lowest BCUT2D eigenvalue weighted by atomic mass is 10.1. The smallest absolute Gasteiger partial charge is 0.317 e. The zero-order valence-electron chi connectivity index (χ0n) is 13.5. The summed E-state index contributed by atoms with van der Waals surface area (Å²) in [4.78, 5) is 11.7. The summed E-state index contributed by atoms with van der Waals surface area (Å²) in [6.07, 6.45) is 0.859. The molecule has 0 spiro atoms. The molecule has 1 aromatic carbocycles. The summed E-state index contributed by atoms with van der Waals surface area (Å²) in [5.74, 6) is -2.70. The van der Waals surface area contributed by atoms with Gasteiger partial charge in [0, 0.05) is 19.1 Å². The van der Waals surface area contributed by atoms with Crippen LogP contribution < -0.4 is 0 Å². The van der Waals surface area contributed by atoms with E-state index in [4.69, 9.17) is 5.11 Å². The van der Waals surface area contributed by atoms with Crippen LogP contribution in [0.4, 0.5) is 8.78 Å². The van der Waals surface area contributed by atoms with Crippen molar-refractivity contribution >= 4 is 16.0 Å². The third-order valence-electron chi connectivity index (χ3n) is 4.26. The van der Waals surface area contributed by atoms with Crippen LogP contribution in [-0.4, -0.2) is 61.4 Å². The zero-order valence-corrected chi connectivity index (χ0v) is 14.3. The van der Waals surface area contributed by atoms with E-state index in [0.717, 1.165) is 10.4 Å². The molecule has 1 aliphatic heterocycles. The first-order chi connectivity index (χ1) is 11.1. The second kappa shape index (κ2) is 7.12. The monoisotopic (exact) mass is 362 g/mol. The summed E-state index contributed by atoms with van der Waals surface area (Å²) in [5.41, 5.74) is 0.0421. The fraction of sp³-hybridized carbons (Fsp3) is 0.533. The molecule has 1 saturated heterocycles. The molecule has 9 heteroatoms. The van der Waals surface area contributed by atoms with Crippen LogP contribution in [-0.2, 0) is 14.8 Å². The molecule has 24 heavy (non-hydrogen) atoms. The van der Waals surface area contributed by atoms with Crippen molar-refractivity contribution in [2.24, 2.45) is 0 Å². The number of hydrogen-bond acceptors (Lipinski definition) is 4. The van der Waals surface area contributed by atoms with Gasteiger partial charge in [-0.2, -0.15) is 4.31 Å². The van der Waals surface area contributed by atoms with Gasteiger partial charge in [-0.05, 0) is 44.5 Å². The average molecular weight is 362 g/mol. The molecule has 0 saturated carbocycles. The first-order valence-electron chi connectivity index (χ1n) is 7.50. The maximum atomic E-state index is 14.0. The first-order valence-corrected chi connectivity index (χ1v) is 8.94. The van der Waals surface area contributed by atoms with E-state index in [0.29, 0.717) is 18.9 Å². The van der Waals surface area contributed by atoms with Gasteiger partial charge in [0.05, 0.1) is 6.54 Å². The molecule has 1 N–H and O–H groups in total. The number of aryl methyl sites for hydroxylation is 1. The second-order valence-corrected chi connectivity index (χ2v) is 7.88. The number of halogens is 2. The van der Waals surface area contributed by atoms with Crippen LogP contribution in [0.25, 0.3) is 0 Å². The molecule has 0 radical (unpaired) electrons. The van der Waals surface area contributed by atoms with E-state index in [9.17, 15) is 22.0 Å². The van der Waals surface area contributed by atoms with Crippen LogP contribution in [0.3, 0.4) is 0 Å². The Balaban J connectivity index is 2.13. The van der Waals surface area contributed by atoms with Crippen LogP contribution >= 0.6 is 0 Å². The van der Waals surface area contributed by atoms with Crippen molar-refractivity contribution < 1.29 is 27.1 Å². The zero-order chi connectivity index (χ0) is 18.1. The Morgan fingerprint density at radius 3 is 2.42 bits per heavy atom. The van der Waals surface area contributed by atoms with E-state index < -0.39 is 32.5 Å². The van der Waals surface area contributed by atoms with Crippen molar-refractivity contribution in [3.63, 3.8) is 0 Å². The minimum Gasteiger partial charge on any atom is -0.480 e. The molecule has 2 rings (SSSR count). The minimum atomic E-state index is -4.12. The summed E-state index contributed by atoms with van der Waals surface area (Å²) in [7, 11) is -2.46. The molecule has 0 aliphatic carbocycles. The quantitative estimate of drug-likeness (QED) is 0.858. The van der Waals surface area contributed by atoms with Crippen LogP contribution in [0.1, 0.15) is 18.4 Å². The van der Waals surface area contributed by atoms with E-state index >= 15 is 0 Å². The van der Waals surface area contributed by atoms with Gasteiger partial charge in [0.25, 0.3) is 0 Å². The van der Waals surface area contributed by atoms with E-state index in [2.05, 4.69) is 0 Å². The number of carbonyl (C=O) groups is 1. The fourth-order valence-corrected chi connectivity index (χ4v) is 4.36. The molecule has 0 amide bonds. The Bertz CT molecular complexity index is 731. The van der Waals surface area contributed by atoms with Gasteiger partial charge in [-0.15, -0.1) is 0 Å². The largest absolute Gasteiger partial charge is 0.480 e. The number of carboxylic acid groups (broad SMARTS) is 1. The molecule has 0 atom stereocenters. The second-order valence-electron chi connectivity index (χ2n) is 5.98. The topological polar surface area (TPSA) is 77.9 Å². The Labute approximate surface area is 139 Å². The van der Waals surface area contributed by atoms with Crippen molar-refractivity contribution in [1.29, 1.82) is 0 Å². The molecule has 0 unspecified atom stereocenters. The SMILES string of the molecule is Cc1cc(F)c(S(=O)(=O)N2CCC(N(C)CC(=O)O)CC2)cc1F. The van der Waals surface area contributed by atoms with E-state index in [1.807, 2.05) is 0 Å². The highest BCUT2D eigenvalue weighted by atomic mass is 32.2. The Hall–Kier alpha value is -1.58. The van der Waals surface area contributed by atoms with E-state index in [-0.39, 0.29) is 31.2 Å². The summed E-state index contributed by atoms with van der Waals surface area (Å²) in [5, 5.41) is 8.80. The number of nitrogens with zero attached hydrogens (tertiary/aromatic N) is 2. The molecule has 0 aromatic heterocycles. The van der Waals surface area contributed by atoms with Gasteiger partial charge in [0.2, 0.25) is 10.0 Å². The lowest BCUT2D eigenvalue weighted by Crippen LogP contribution is -2.46. The number of benzene rings is 1. The lowest BCUT2D eigenvalue weighted by Gasteiger charge is -2.35. The van der Waals surface area contributed by atoms with Crippen molar-refractivity contribution in [3.05, 3.63) is 29.3 Å². The van der Waals surface area contributed by atoms with Crippen molar-refractivity contribution in [2.45, 2.75) is 30.7 Å². The van der Waals surface area contributed by atoms with Gasteiger partial charge in [0.1, 0.15) is 16.5 Å². The number of aliphatic carboxylic acids is 1. The van der Waals surface area contributed by atoms with E-state index in [1.165, 1.54) is 6.92 Å². The van der Waals surface area contributed by atoms with E-state index in [1.54, 1.807) is 11.9 Å². The normalized spacial score (nSPS) is 17.4. The molecular formula is C15H20F2N2O4S. The Morgan fingerprint density at radius 2 is 1.88 bits per heavy atom. The van der Waals surface area contributed by atoms with Crippen LogP contribution in [0.15, 0.2) is 17.0 Å². The number of hydrogen-bond donors (Lipinski definition) is 1. The Kier molecular flexibility index (Phi) is 5.56. The number of likely N-dealkylation sites (N-methyl/N-ethyl adjacent to an activating group) is 1. The van der Waals surface area contributed by atoms with Crippen LogP contribution in [0.5, 0.6) is 0 Å². The highest BCUT2D eigenvalue weighted by Crippen LogP contribution is 2.26. The maximum Gasteiger partial charge on any atom is 0.317 e. The van der Waals surface area contributed by atoms with Gasteiger partial charge in [-0.25, -0.2) is 17.2 Å². The molecule has 134 valence electrons. The number of carboxylic acids is 1. The maximum absolute atomic E-state index is 14.0. The van der Waals surface area contributed by atoms with Gasteiger partial charge in [0.15, 0.2) is 0 Å². The van der Waals surface area contributed by atoms with Crippen molar-refractivity contribution in [3.8, 4) is 0 Å². The summed E-state index contributed by atoms with van der Waals surface area (Å²) in [6.45, 7) is 1.49. The third kappa shape index (κ3) is 3.90. The van der Waals surface area contributed by atoms with Gasteiger partial charge in [-0.3, -0.25) is 9.69 Å². The van der Waals surface area contributed by atoms with Crippen LogP contribution in [0.2, 0.25) is 0 Å². The predicted octanol–water partition coefficient (Wildman–Crippen LogP) is 1.44. The van der Waals surface area contributed by atoms with Crippen LogP contribution in [0, 0.1) is 18.6 Å². The van der Waals surface area contributed by atoms with Crippen molar-refractivity contribution in [2.75, 3.05) is 26.7 Å². The summed E-state index contributed by atoms with van der Waals surface area (Å²) in [6, 6.07) is 1.52. The molecule has 1 aliphatic rings. The first kappa shape index (κ1) is 18.8. The molecule has 1 heterocycles. The minimum absolute atomic E-state index is 0.0421. The molecular weight excluding hydrogens is 342 g/mol. The number of rotatable bonds is 5. The summed E-state index contributed by atoms with van der Waals surface area (Å²) >= 11 is 0. The average Bonchev–Trinajstić information content (AvgIpc) is 2.50. The van der Waals surface area contributed by atoms with Gasteiger partial charge < -0.3 is 5.11 Å². The van der Waals surface area contributed by atoms with Crippen molar-refractivity contribution in [1.82, 2.24) is 9.21 Å². The molecule has 0 bridgehead atoms. The molecule has 1 fully saturated rings. The molecule has 1 aromatic rings. The number of piperidine rings is 1. The van der Waals surface area contributed by atoms with Gasteiger partial charge >= 0.3 is 5.97 Å². The standard InChI is InChI=1S/C15H20F2N2O4S/c1-10-7-13(17)14(8-12(10)16)24(22,23)19-5-3-11(4-6-19)18(2)9-15(20)21/h7-8,11H,3-6,9H2,1-2H3,(H,20,21). The molecule has 6 nitrogen and oxygen atoms in total. The number of sulfonamides is 1. The van der Waals surface area contributed by atoms with Gasteiger partial charge in [-0.1, -0.05) is 0 Å². The highest BCUT2D eigenvalue weighted by Gasteiger charge is 2.33. The third-order valence-corrected chi connectivity index (χ3v) is 6.18. The lowest BCUT2D eigenvalue weighted by molar-refractivity contribution is -0.138. The summed E-state index contributed by atoms with van der Waals surface area (Å²) < 4.78 is 53.8. The predicted molar refractivity (Wildman–Crippen MR) is 83.1 cm³/mol. The Morgan fingerprint density at radius 1 is 1.29 bits per heavy atom. The highest BCUT2D eigenvalue weighted by molar-refractivity contribution is 7.89. The fourth-order valence-electron chi connectivity index (χ4n) is 2.83.